The molecule has 1 aromatic heterocycles. The summed E-state index contributed by atoms with van der Waals surface area (Å²) in [6.45, 7) is 5.53. The van der Waals surface area contributed by atoms with Crippen molar-refractivity contribution in [3.8, 4) is 0 Å². The van der Waals surface area contributed by atoms with Crippen LogP contribution in [-0.4, -0.2) is 40.8 Å². The van der Waals surface area contributed by atoms with E-state index >= 15 is 0 Å². The van der Waals surface area contributed by atoms with E-state index in [0.717, 1.165) is 0 Å². The van der Waals surface area contributed by atoms with Crippen LogP contribution in [0.3, 0.4) is 0 Å². The number of rotatable bonds is 3. The number of likely N-dealkylation sites (N-methyl/N-ethyl adjacent to an activating group) is 1. The van der Waals surface area contributed by atoms with E-state index in [9.17, 15) is 14.4 Å². The van der Waals surface area contributed by atoms with Gasteiger partial charge >= 0.3 is 0 Å². The van der Waals surface area contributed by atoms with Crippen molar-refractivity contribution in [3.63, 3.8) is 0 Å². The molecule has 0 spiro atoms. The SMILES string of the molecule is CN(CC(=O)NC(C)(C)C)C(=O)c1cccc(=O)[nH]1. The fraction of sp³-hybridized carbons (Fsp3) is 0.462. The minimum absolute atomic E-state index is 0.0625. The molecule has 0 aromatic carbocycles. The van der Waals surface area contributed by atoms with Crippen molar-refractivity contribution in [2.45, 2.75) is 26.3 Å². The van der Waals surface area contributed by atoms with E-state index in [1.165, 1.54) is 30.1 Å². The monoisotopic (exact) mass is 265 g/mol. The van der Waals surface area contributed by atoms with E-state index in [0.29, 0.717) is 0 Å². The number of nitrogens with one attached hydrogen (secondary N) is 2. The number of aromatic amines is 1. The van der Waals surface area contributed by atoms with Gasteiger partial charge in [-0.1, -0.05) is 6.07 Å². The van der Waals surface area contributed by atoms with Crippen molar-refractivity contribution < 1.29 is 9.59 Å². The van der Waals surface area contributed by atoms with Crippen LogP contribution in [0.25, 0.3) is 0 Å². The highest BCUT2D eigenvalue weighted by Crippen LogP contribution is 2.00. The summed E-state index contributed by atoms with van der Waals surface area (Å²) in [6.07, 6.45) is 0. The van der Waals surface area contributed by atoms with Gasteiger partial charge in [-0.15, -0.1) is 0 Å². The van der Waals surface area contributed by atoms with Crippen molar-refractivity contribution >= 4 is 11.8 Å². The molecule has 0 bridgehead atoms. The number of amides is 2. The smallest absolute Gasteiger partial charge is 0.270 e. The van der Waals surface area contributed by atoms with Gasteiger partial charge in [-0.2, -0.15) is 0 Å². The summed E-state index contributed by atoms with van der Waals surface area (Å²) in [6, 6.07) is 4.32. The van der Waals surface area contributed by atoms with E-state index in [1.54, 1.807) is 0 Å². The number of aromatic nitrogens is 1. The van der Waals surface area contributed by atoms with Gasteiger partial charge in [0, 0.05) is 18.7 Å². The molecule has 1 heterocycles. The molecule has 104 valence electrons. The topological polar surface area (TPSA) is 82.3 Å². The molecular formula is C13H19N3O3. The third-order valence-corrected chi connectivity index (χ3v) is 2.24. The van der Waals surface area contributed by atoms with Gasteiger partial charge in [-0.25, -0.2) is 0 Å². The highest BCUT2D eigenvalue weighted by Gasteiger charge is 2.18. The molecule has 0 unspecified atom stereocenters. The molecule has 6 nitrogen and oxygen atoms in total. The first-order valence-electron chi connectivity index (χ1n) is 5.95. The van der Waals surface area contributed by atoms with Crippen LogP contribution in [0.2, 0.25) is 0 Å². The highest BCUT2D eigenvalue weighted by molar-refractivity contribution is 5.94. The number of hydrogen-bond acceptors (Lipinski definition) is 3. The van der Waals surface area contributed by atoms with Gasteiger partial charge in [0.25, 0.3) is 5.91 Å². The third-order valence-electron chi connectivity index (χ3n) is 2.24. The third kappa shape index (κ3) is 4.95. The predicted octanol–water partition coefficient (Wildman–Crippen LogP) is 0.362. The number of pyridine rings is 1. The van der Waals surface area contributed by atoms with Crippen LogP contribution < -0.4 is 10.9 Å². The first-order chi connectivity index (χ1) is 8.69. The molecule has 19 heavy (non-hydrogen) atoms. The standard InChI is InChI=1S/C13H19N3O3/c1-13(2,3)15-11(18)8-16(4)12(19)9-6-5-7-10(17)14-9/h5-7H,8H2,1-4H3,(H,14,17)(H,15,18). The van der Waals surface area contributed by atoms with Crippen LogP contribution in [0, 0.1) is 0 Å². The van der Waals surface area contributed by atoms with Gasteiger partial charge in [0.1, 0.15) is 5.69 Å². The van der Waals surface area contributed by atoms with Crippen molar-refractivity contribution in [2.24, 2.45) is 0 Å². The molecule has 0 atom stereocenters. The number of carbonyl (C=O) groups is 2. The summed E-state index contributed by atoms with van der Waals surface area (Å²) in [5.41, 5.74) is -0.529. The van der Waals surface area contributed by atoms with Gasteiger partial charge in [-0.3, -0.25) is 14.4 Å². The van der Waals surface area contributed by atoms with Gasteiger partial charge < -0.3 is 15.2 Å². The maximum Gasteiger partial charge on any atom is 0.270 e. The lowest BCUT2D eigenvalue weighted by Gasteiger charge is -2.23. The summed E-state index contributed by atoms with van der Waals surface area (Å²) in [5, 5.41) is 2.76. The second-order valence-corrected chi connectivity index (χ2v) is 5.39. The Morgan fingerprint density at radius 1 is 1.32 bits per heavy atom. The predicted molar refractivity (Wildman–Crippen MR) is 71.9 cm³/mol. The second kappa shape index (κ2) is 5.69. The van der Waals surface area contributed by atoms with Crippen LogP contribution >= 0.6 is 0 Å². The zero-order valence-electron chi connectivity index (χ0n) is 11.6. The molecule has 0 aliphatic heterocycles. The number of hydrogen-bond donors (Lipinski definition) is 2. The zero-order chi connectivity index (χ0) is 14.6. The maximum atomic E-state index is 12.0. The normalized spacial score (nSPS) is 10.9. The van der Waals surface area contributed by atoms with Crippen molar-refractivity contribution in [1.29, 1.82) is 0 Å². The Morgan fingerprint density at radius 2 is 1.95 bits per heavy atom. The molecule has 0 saturated heterocycles. The van der Waals surface area contributed by atoms with Crippen molar-refractivity contribution in [3.05, 3.63) is 34.2 Å². The minimum atomic E-state index is -0.401. The Hall–Kier alpha value is -2.11. The Kier molecular flexibility index (Phi) is 4.47. The van der Waals surface area contributed by atoms with Gasteiger partial charge in [0.15, 0.2) is 0 Å². The lowest BCUT2D eigenvalue weighted by Crippen LogP contribution is -2.46. The molecule has 0 radical (unpaired) electrons. The molecule has 1 rings (SSSR count). The first-order valence-corrected chi connectivity index (χ1v) is 5.95. The van der Waals surface area contributed by atoms with Crippen molar-refractivity contribution in [2.75, 3.05) is 13.6 Å². The molecule has 0 aliphatic rings. The van der Waals surface area contributed by atoms with Crippen LogP contribution in [0.1, 0.15) is 31.3 Å². The van der Waals surface area contributed by atoms with E-state index in [4.69, 9.17) is 0 Å². The molecule has 2 N–H and O–H groups in total. The van der Waals surface area contributed by atoms with Crippen LogP contribution in [-0.2, 0) is 4.79 Å². The Bertz CT molecular complexity index is 528. The van der Waals surface area contributed by atoms with Crippen LogP contribution in [0.4, 0.5) is 0 Å². The molecule has 2 amide bonds. The average molecular weight is 265 g/mol. The van der Waals surface area contributed by atoms with E-state index in [-0.39, 0.29) is 29.2 Å². The lowest BCUT2D eigenvalue weighted by atomic mass is 10.1. The van der Waals surface area contributed by atoms with Crippen LogP contribution in [0.15, 0.2) is 23.0 Å². The van der Waals surface area contributed by atoms with E-state index < -0.39 is 5.91 Å². The van der Waals surface area contributed by atoms with Crippen LogP contribution in [0.5, 0.6) is 0 Å². The fourth-order valence-electron chi connectivity index (χ4n) is 1.52. The Balaban J connectivity index is 2.68. The molecular weight excluding hydrogens is 246 g/mol. The minimum Gasteiger partial charge on any atom is -0.350 e. The maximum absolute atomic E-state index is 12.0. The Labute approximate surface area is 111 Å². The van der Waals surface area contributed by atoms with Gasteiger partial charge in [0.05, 0.1) is 6.54 Å². The van der Waals surface area contributed by atoms with Gasteiger partial charge in [0.2, 0.25) is 11.5 Å². The number of nitrogens with zero attached hydrogens (tertiary/aromatic N) is 1. The second-order valence-electron chi connectivity index (χ2n) is 5.39. The first kappa shape index (κ1) is 14.9. The summed E-state index contributed by atoms with van der Waals surface area (Å²) < 4.78 is 0. The summed E-state index contributed by atoms with van der Waals surface area (Å²) in [5.74, 6) is -0.650. The number of carbonyl (C=O) groups excluding carboxylic acids is 2. The van der Waals surface area contributed by atoms with Crippen molar-refractivity contribution in [1.82, 2.24) is 15.2 Å². The molecule has 0 fully saturated rings. The largest absolute Gasteiger partial charge is 0.350 e. The molecule has 1 aromatic rings. The van der Waals surface area contributed by atoms with Gasteiger partial charge in [-0.05, 0) is 26.8 Å². The average Bonchev–Trinajstić information content (AvgIpc) is 2.25. The fourth-order valence-corrected chi connectivity index (χ4v) is 1.52. The molecule has 0 saturated carbocycles. The number of H-pyrrole nitrogens is 1. The molecule has 6 heteroatoms. The van der Waals surface area contributed by atoms with E-state index in [1.807, 2.05) is 20.8 Å². The summed E-state index contributed by atoms with van der Waals surface area (Å²) in [7, 11) is 1.51. The van der Waals surface area contributed by atoms with E-state index in [2.05, 4.69) is 10.3 Å². The lowest BCUT2D eigenvalue weighted by molar-refractivity contribution is -0.122. The molecule has 0 aliphatic carbocycles. The quantitative estimate of drug-likeness (QED) is 0.828. The zero-order valence-corrected chi connectivity index (χ0v) is 11.6. The highest BCUT2D eigenvalue weighted by atomic mass is 16.2. The Morgan fingerprint density at radius 3 is 2.47 bits per heavy atom. The summed E-state index contributed by atoms with van der Waals surface area (Å²) >= 11 is 0. The summed E-state index contributed by atoms with van der Waals surface area (Å²) in [4.78, 5) is 38.5.